The van der Waals surface area contributed by atoms with Crippen LogP contribution in [0, 0.1) is 16.7 Å². The zero-order valence-electron chi connectivity index (χ0n) is 15.1. The van der Waals surface area contributed by atoms with Gasteiger partial charge in [-0.1, -0.05) is 25.4 Å². The normalized spacial score (nSPS) is 21.8. The van der Waals surface area contributed by atoms with Crippen LogP contribution < -0.4 is 10.5 Å². The Bertz CT molecular complexity index is 878. The Morgan fingerprint density at radius 2 is 2.15 bits per heavy atom. The number of benzene rings is 1. The number of halogens is 1. The van der Waals surface area contributed by atoms with Gasteiger partial charge in [0.25, 0.3) is 0 Å². The molecule has 136 valence electrons. The first-order chi connectivity index (χ1) is 12.3. The van der Waals surface area contributed by atoms with E-state index in [-0.39, 0.29) is 22.7 Å². The summed E-state index contributed by atoms with van der Waals surface area (Å²) in [5.74, 6) is 0.477. The van der Waals surface area contributed by atoms with Gasteiger partial charge in [-0.3, -0.25) is 4.79 Å². The number of nitriles is 1. The summed E-state index contributed by atoms with van der Waals surface area (Å²) >= 11 is 6.20. The zero-order chi connectivity index (χ0) is 19.1. The molecule has 0 saturated heterocycles. The van der Waals surface area contributed by atoms with Crippen molar-refractivity contribution in [3.63, 3.8) is 0 Å². The van der Waals surface area contributed by atoms with E-state index in [0.29, 0.717) is 47.1 Å². The second kappa shape index (κ2) is 6.69. The maximum absolute atomic E-state index is 13.0. The van der Waals surface area contributed by atoms with Gasteiger partial charge in [-0.2, -0.15) is 5.26 Å². The fourth-order valence-electron chi connectivity index (χ4n) is 3.63. The molecule has 0 fully saturated rings. The summed E-state index contributed by atoms with van der Waals surface area (Å²) in [5, 5.41) is 10.2. The molecule has 1 aliphatic heterocycles. The fraction of sp³-hybridized carbons (Fsp3) is 0.400. The Kier molecular flexibility index (Phi) is 4.72. The minimum atomic E-state index is -0.632. The summed E-state index contributed by atoms with van der Waals surface area (Å²) in [6.45, 7) is 6.35. The second-order valence-electron chi connectivity index (χ2n) is 7.32. The van der Waals surface area contributed by atoms with Crippen LogP contribution in [0.15, 0.2) is 41.0 Å². The molecular formula is C20H21ClN2O3. The van der Waals surface area contributed by atoms with Crippen LogP contribution in [-0.4, -0.2) is 12.4 Å². The van der Waals surface area contributed by atoms with E-state index < -0.39 is 5.92 Å². The van der Waals surface area contributed by atoms with E-state index in [2.05, 4.69) is 6.07 Å². The van der Waals surface area contributed by atoms with E-state index in [1.165, 1.54) is 0 Å². The van der Waals surface area contributed by atoms with E-state index in [1.807, 2.05) is 20.8 Å². The number of rotatable bonds is 3. The molecule has 1 aromatic rings. The van der Waals surface area contributed by atoms with Gasteiger partial charge in [0.15, 0.2) is 5.78 Å². The van der Waals surface area contributed by atoms with Crippen LogP contribution in [0.2, 0.25) is 5.02 Å². The number of allylic oxidation sites excluding steroid dienone is 3. The first-order valence-corrected chi connectivity index (χ1v) is 8.91. The quantitative estimate of drug-likeness (QED) is 0.859. The van der Waals surface area contributed by atoms with Gasteiger partial charge in [0.1, 0.15) is 23.2 Å². The molecule has 2 aliphatic rings. The summed E-state index contributed by atoms with van der Waals surface area (Å²) in [6, 6.07) is 7.30. The molecule has 2 N–H and O–H groups in total. The van der Waals surface area contributed by atoms with Gasteiger partial charge in [-0.15, -0.1) is 0 Å². The Morgan fingerprint density at radius 3 is 2.81 bits per heavy atom. The largest absolute Gasteiger partial charge is 0.494 e. The van der Waals surface area contributed by atoms with Gasteiger partial charge in [0, 0.05) is 29.0 Å². The Balaban J connectivity index is 2.24. The van der Waals surface area contributed by atoms with E-state index in [1.54, 1.807) is 18.2 Å². The lowest BCUT2D eigenvalue weighted by Crippen LogP contribution is -2.33. The summed E-state index contributed by atoms with van der Waals surface area (Å²) in [7, 11) is 0. The molecule has 0 saturated carbocycles. The number of carbonyl (C=O) groups is 1. The number of ketones is 1. The molecule has 1 atom stereocenters. The molecule has 0 aromatic heterocycles. The van der Waals surface area contributed by atoms with Crippen molar-refractivity contribution in [1.82, 2.24) is 0 Å². The third-order valence-electron chi connectivity index (χ3n) is 4.66. The van der Waals surface area contributed by atoms with E-state index in [0.717, 1.165) is 0 Å². The van der Waals surface area contributed by atoms with E-state index in [4.69, 9.17) is 26.8 Å². The molecule has 26 heavy (non-hydrogen) atoms. The first-order valence-electron chi connectivity index (χ1n) is 8.53. The molecule has 5 nitrogen and oxygen atoms in total. The van der Waals surface area contributed by atoms with Crippen molar-refractivity contribution < 1.29 is 14.3 Å². The molecule has 3 rings (SSSR count). The van der Waals surface area contributed by atoms with Crippen molar-refractivity contribution in [1.29, 1.82) is 5.26 Å². The highest BCUT2D eigenvalue weighted by Gasteiger charge is 2.43. The van der Waals surface area contributed by atoms with Crippen molar-refractivity contribution in [2.24, 2.45) is 11.1 Å². The summed E-state index contributed by atoms with van der Waals surface area (Å²) < 4.78 is 11.4. The van der Waals surface area contributed by atoms with Crippen molar-refractivity contribution in [2.75, 3.05) is 6.61 Å². The van der Waals surface area contributed by atoms with Crippen molar-refractivity contribution in [2.45, 2.75) is 39.5 Å². The highest BCUT2D eigenvalue weighted by molar-refractivity contribution is 6.30. The van der Waals surface area contributed by atoms with Crippen LogP contribution in [-0.2, 0) is 9.53 Å². The minimum Gasteiger partial charge on any atom is -0.494 e. The maximum Gasteiger partial charge on any atom is 0.205 e. The topological polar surface area (TPSA) is 85.3 Å². The highest BCUT2D eigenvalue weighted by Crippen LogP contribution is 2.49. The lowest BCUT2D eigenvalue weighted by molar-refractivity contribution is -0.119. The summed E-state index contributed by atoms with van der Waals surface area (Å²) in [4.78, 5) is 13.0. The van der Waals surface area contributed by atoms with Crippen LogP contribution in [0.5, 0.6) is 5.75 Å². The third kappa shape index (κ3) is 3.17. The Hall–Kier alpha value is -2.45. The van der Waals surface area contributed by atoms with Gasteiger partial charge >= 0.3 is 0 Å². The summed E-state index contributed by atoms with van der Waals surface area (Å²) in [6.07, 6.45) is 0.962. The number of Topliss-reactive ketones (excluding diaryl/α,β-unsaturated/α-hetero) is 1. The van der Waals surface area contributed by atoms with Gasteiger partial charge in [-0.25, -0.2) is 0 Å². The standard InChI is InChI=1S/C20H21ClN2O3/c1-4-25-15-6-5-11(21)7-12(15)17-13(10-22)19(23)26-16-9-20(2,3)8-14(24)18(16)17/h5-7,17H,4,8-9,23H2,1-3H3/t17-/m0/s1. The SMILES string of the molecule is CCOc1ccc(Cl)cc1[C@H]1C(C#N)=C(N)OC2=C1C(=O)CC(C)(C)C2. The van der Waals surface area contributed by atoms with E-state index in [9.17, 15) is 10.1 Å². The molecule has 6 heteroatoms. The zero-order valence-corrected chi connectivity index (χ0v) is 15.8. The molecular weight excluding hydrogens is 352 g/mol. The predicted molar refractivity (Wildman–Crippen MR) is 98.3 cm³/mol. The molecule has 0 unspecified atom stereocenters. The molecule has 0 amide bonds. The van der Waals surface area contributed by atoms with Crippen molar-refractivity contribution in [3.05, 3.63) is 51.6 Å². The monoisotopic (exact) mass is 372 g/mol. The predicted octanol–water partition coefficient (Wildman–Crippen LogP) is 4.19. The number of hydrogen-bond donors (Lipinski definition) is 1. The number of nitrogens with two attached hydrogens (primary N) is 1. The van der Waals surface area contributed by atoms with Gasteiger partial charge in [0.05, 0.1) is 12.5 Å². The van der Waals surface area contributed by atoms with Gasteiger partial charge in [0.2, 0.25) is 5.88 Å². The van der Waals surface area contributed by atoms with Crippen molar-refractivity contribution in [3.8, 4) is 11.8 Å². The van der Waals surface area contributed by atoms with Crippen LogP contribution in [0.25, 0.3) is 0 Å². The second-order valence-corrected chi connectivity index (χ2v) is 7.75. The first kappa shape index (κ1) is 18.3. The van der Waals surface area contributed by atoms with Crippen LogP contribution in [0.3, 0.4) is 0 Å². The van der Waals surface area contributed by atoms with Crippen LogP contribution in [0.1, 0.15) is 45.1 Å². The Morgan fingerprint density at radius 1 is 1.42 bits per heavy atom. The molecule has 0 spiro atoms. The lowest BCUT2D eigenvalue weighted by Gasteiger charge is -2.37. The maximum atomic E-state index is 13.0. The molecule has 1 aromatic carbocycles. The highest BCUT2D eigenvalue weighted by atomic mass is 35.5. The Labute approximate surface area is 158 Å². The summed E-state index contributed by atoms with van der Waals surface area (Å²) in [5.41, 5.74) is 7.16. The third-order valence-corrected chi connectivity index (χ3v) is 4.89. The minimum absolute atomic E-state index is 0.0316. The van der Waals surface area contributed by atoms with Crippen LogP contribution in [0.4, 0.5) is 0 Å². The van der Waals surface area contributed by atoms with Gasteiger partial charge in [-0.05, 0) is 30.5 Å². The average molecular weight is 373 g/mol. The van der Waals surface area contributed by atoms with Crippen LogP contribution >= 0.6 is 11.6 Å². The number of ether oxygens (including phenoxy) is 2. The molecule has 0 radical (unpaired) electrons. The smallest absolute Gasteiger partial charge is 0.205 e. The fourth-order valence-corrected chi connectivity index (χ4v) is 3.81. The number of carbonyl (C=O) groups excluding carboxylic acids is 1. The van der Waals surface area contributed by atoms with Gasteiger partial charge < -0.3 is 15.2 Å². The number of hydrogen-bond acceptors (Lipinski definition) is 5. The molecule has 0 bridgehead atoms. The molecule has 1 heterocycles. The lowest BCUT2D eigenvalue weighted by atomic mass is 9.70. The van der Waals surface area contributed by atoms with E-state index >= 15 is 0 Å². The number of nitrogens with zero attached hydrogens (tertiary/aromatic N) is 1. The average Bonchev–Trinajstić information content (AvgIpc) is 2.54. The van der Waals surface area contributed by atoms with Crippen molar-refractivity contribution >= 4 is 17.4 Å². The molecule has 1 aliphatic carbocycles.